The quantitative estimate of drug-likeness (QED) is 0.938. The molecule has 0 bridgehead atoms. The number of thiophene rings is 1. The Labute approximate surface area is 134 Å². The van der Waals surface area contributed by atoms with Crippen LogP contribution in [0.5, 0.6) is 0 Å². The predicted molar refractivity (Wildman–Crippen MR) is 87.1 cm³/mol. The lowest BCUT2D eigenvalue weighted by molar-refractivity contribution is -0.145. The van der Waals surface area contributed by atoms with Gasteiger partial charge in [0.1, 0.15) is 6.04 Å². The van der Waals surface area contributed by atoms with E-state index in [0.29, 0.717) is 6.42 Å². The fraction of sp³-hybridized carbons (Fsp3) is 0.412. The maximum absolute atomic E-state index is 11.7. The summed E-state index contributed by atoms with van der Waals surface area (Å²) in [5, 5.41) is 11.6. The van der Waals surface area contributed by atoms with Crippen LogP contribution in [0, 0.1) is 6.92 Å². The number of nitrogens with zero attached hydrogens (tertiary/aromatic N) is 2. The van der Waals surface area contributed by atoms with Crippen LogP contribution >= 0.6 is 11.3 Å². The molecular formula is C17H20N2O2S. The summed E-state index contributed by atoms with van der Waals surface area (Å²) in [5.74, 6) is -0.728. The molecule has 5 heteroatoms. The Hall–Kier alpha value is -1.72. The van der Waals surface area contributed by atoms with Gasteiger partial charge in [-0.1, -0.05) is 18.6 Å². The molecule has 116 valence electrons. The summed E-state index contributed by atoms with van der Waals surface area (Å²) in [4.78, 5) is 19.6. The second-order valence-electron chi connectivity index (χ2n) is 5.71. The van der Waals surface area contributed by atoms with Crippen LogP contribution in [0.3, 0.4) is 0 Å². The summed E-state index contributed by atoms with van der Waals surface area (Å²) in [6.07, 6.45) is 2.73. The third-order valence-electron chi connectivity index (χ3n) is 4.16. The van der Waals surface area contributed by atoms with E-state index in [1.165, 1.54) is 0 Å². The summed E-state index contributed by atoms with van der Waals surface area (Å²) in [5.41, 5.74) is 1.90. The topological polar surface area (TPSA) is 53.4 Å². The van der Waals surface area contributed by atoms with Crippen molar-refractivity contribution >= 4 is 17.3 Å². The van der Waals surface area contributed by atoms with Crippen molar-refractivity contribution in [1.29, 1.82) is 0 Å². The van der Waals surface area contributed by atoms with Crippen LogP contribution in [0.1, 0.15) is 41.6 Å². The molecule has 1 fully saturated rings. The molecule has 2 aromatic heterocycles. The van der Waals surface area contributed by atoms with Gasteiger partial charge < -0.3 is 5.11 Å². The molecule has 0 saturated carbocycles. The molecule has 0 radical (unpaired) electrons. The minimum absolute atomic E-state index is 0.0682. The maximum Gasteiger partial charge on any atom is 0.320 e. The molecule has 1 saturated heterocycles. The van der Waals surface area contributed by atoms with E-state index in [4.69, 9.17) is 0 Å². The van der Waals surface area contributed by atoms with Gasteiger partial charge in [0.2, 0.25) is 0 Å². The zero-order chi connectivity index (χ0) is 15.5. The second-order valence-corrected chi connectivity index (χ2v) is 6.69. The van der Waals surface area contributed by atoms with Crippen molar-refractivity contribution in [2.45, 2.75) is 38.3 Å². The van der Waals surface area contributed by atoms with E-state index >= 15 is 0 Å². The SMILES string of the molecule is Cc1cccc(C(c2cccs2)N2CCCCC2C(=O)O)n1. The number of aryl methyl sites for hydroxylation is 1. The van der Waals surface area contributed by atoms with Crippen molar-refractivity contribution in [3.8, 4) is 0 Å². The lowest BCUT2D eigenvalue weighted by Gasteiger charge is -2.38. The first-order valence-electron chi connectivity index (χ1n) is 7.62. The summed E-state index contributed by atoms with van der Waals surface area (Å²) in [6, 6.07) is 9.57. The average molecular weight is 316 g/mol. The van der Waals surface area contributed by atoms with E-state index in [-0.39, 0.29) is 6.04 Å². The molecule has 1 aliphatic heterocycles. The van der Waals surface area contributed by atoms with Crippen LogP contribution in [-0.4, -0.2) is 33.5 Å². The molecule has 4 nitrogen and oxygen atoms in total. The van der Waals surface area contributed by atoms with Crippen molar-refractivity contribution in [3.05, 3.63) is 52.0 Å². The molecule has 0 aliphatic carbocycles. The summed E-state index contributed by atoms with van der Waals surface area (Å²) < 4.78 is 0. The molecule has 2 aromatic rings. The van der Waals surface area contributed by atoms with Gasteiger partial charge in [-0.2, -0.15) is 0 Å². The molecule has 1 N–H and O–H groups in total. The standard InChI is InChI=1S/C17H20N2O2S/c1-12-6-4-7-13(18-12)16(15-9-5-11-22-15)19-10-3-2-8-14(19)17(20)21/h4-7,9,11,14,16H,2-3,8,10H2,1H3,(H,20,21). The monoisotopic (exact) mass is 316 g/mol. The second kappa shape index (κ2) is 6.58. The fourth-order valence-corrected chi connectivity index (χ4v) is 4.03. The maximum atomic E-state index is 11.7. The van der Waals surface area contributed by atoms with Crippen molar-refractivity contribution < 1.29 is 9.90 Å². The molecule has 0 spiro atoms. The normalized spacial score (nSPS) is 20.7. The number of piperidine rings is 1. The van der Waals surface area contributed by atoms with Gasteiger partial charge in [-0.05, 0) is 43.3 Å². The Morgan fingerprint density at radius 2 is 2.23 bits per heavy atom. The van der Waals surface area contributed by atoms with Gasteiger partial charge >= 0.3 is 5.97 Å². The van der Waals surface area contributed by atoms with E-state index in [1.807, 2.05) is 36.6 Å². The van der Waals surface area contributed by atoms with Crippen molar-refractivity contribution in [2.24, 2.45) is 0 Å². The Morgan fingerprint density at radius 1 is 1.36 bits per heavy atom. The van der Waals surface area contributed by atoms with Crippen molar-refractivity contribution in [2.75, 3.05) is 6.54 Å². The average Bonchev–Trinajstić information content (AvgIpc) is 3.02. The van der Waals surface area contributed by atoms with Gasteiger partial charge in [-0.15, -0.1) is 11.3 Å². The third kappa shape index (κ3) is 3.05. The Balaban J connectivity index is 2.03. The molecule has 1 aliphatic rings. The first kappa shape index (κ1) is 15.2. The highest BCUT2D eigenvalue weighted by Crippen LogP contribution is 2.35. The lowest BCUT2D eigenvalue weighted by atomic mass is 9.97. The number of carbonyl (C=O) groups is 1. The Kier molecular flexibility index (Phi) is 4.55. The van der Waals surface area contributed by atoms with Crippen LogP contribution in [0.15, 0.2) is 35.7 Å². The fourth-order valence-electron chi connectivity index (χ4n) is 3.17. The highest BCUT2D eigenvalue weighted by atomic mass is 32.1. The first-order valence-corrected chi connectivity index (χ1v) is 8.50. The van der Waals surface area contributed by atoms with E-state index in [0.717, 1.165) is 35.7 Å². The van der Waals surface area contributed by atoms with Crippen LogP contribution in [0.25, 0.3) is 0 Å². The lowest BCUT2D eigenvalue weighted by Crippen LogP contribution is -2.46. The smallest absolute Gasteiger partial charge is 0.320 e. The number of aromatic nitrogens is 1. The summed E-state index contributed by atoms with van der Waals surface area (Å²) >= 11 is 1.66. The van der Waals surface area contributed by atoms with Crippen LogP contribution < -0.4 is 0 Å². The zero-order valence-corrected chi connectivity index (χ0v) is 13.4. The predicted octanol–water partition coefficient (Wildman–Crippen LogP) is 3.48. The van der Waals surface area contributed by atoms with E-state index in [1.54, 1.807) is 11.3 Å². The number of carboxylic acid groups (broad SMARTS) is 1. The minimum Gasteiger partial charge on any atom is -0.480 e. The number of hydrogen-bond donors (Lipinski definition) is 1. The molecule has 22 heavy (non-hydrogen) atoms. The largest absolute Gasteiger partial charge is 0.480 e. The number of aliphatic carboxylic acids is 1. The van der Waals surface area contributed by atoms with Gasteiger partial charge in [0, 0.05) is 17.1 Å². The van der Waals surface area contributed by atoms with Crippen LogP contribution in [-0.2, 0) is 4.79 Å². The van der Waals surface area contributed by atoms with Gasteiger partial charge in [0.05, 0.1) is 11.7 Å². The number of hydrogen-bond acceptors (Lipinski definition) is 4. The Morgan fingerprint density at radius 3 is 2.91 bits per heavy atom. The molecule has 3 rings (SSSR count). The van der Waals surface area contributed by atoms with Crippen LogP contribution in [0.4, 0.5) is 0 Å². The van der Waals surface area contributed by atoms with E-state index in [9.17, 15) is 9.90 Å². The zero-order valence-electron chi connectivity index (χ0n) is 12.6. The highest BCUT2D eigenvalue weighted by Gasteiger charge is 2.36. The third-order valence-corrected chi connectivity index (χ3v) is 5.09. The number of carboxylic acids is 1. The van der Waals surface area contributed by atoms with E-state index in [2.05, 4.69) is 16.0 Å². The highest BCUT2D eigenvalue weighted by molar-refractivity contribution is 7.10. The van der Waals surface area contributed by atoms with Crippen LogP contribution in [0.2, 0.25) is 0 Å². The van der Waals surface area contributed by atoms with E-state index < -0.39 is 12.0 Å². The molecular weight excluding hydrogens is 296 g/mol. The number of pyridine rings is 1. The molecule has 0 amide bonds. The first-order chi connectivity index (χ1) is 10.7. The summed E-state index contributed by atoms with van der Waals surface area (Å²) in [6.45, 7) is 2.77. The minimum atomic E-state index is -0.728. The molecule has 3 heterocycles. The van der Waals surface area contributed by atoms with Gasteiger partial charge in [0.25, 0.3) is 0 Å². The molecule has 2 atom stereocenters. The molecule has 0 aromatic carbocycles. The number of likely N-dealkylation sites (tertiary alicyclic amines) is 1. The number of rotatable bonds is 4. The summed E-state index contributed by atoms with van der Waals surface area (Å²) in [7, 11) is 0. The van der Waals surface area contributed by atoms with Crippen molar-refractivity contribution in [3.63, 3.8) is 0 Å². The van der Waals surface area contributed by atoms with Gasteiger partial charge in [0.15, 0.2) is 0 Å². The van der Waals surface area contributed by atoms with Gasteiger partial charge in [-0.25, -0.2) is 0 Å². The Bertz CT molecular complexity index is 642. The van der Waals surface area contributed by atoms with Crippen molar-refractivity contribution in [1.82, 2.24) is 9.88 Å². The molecule has 2 unspecified atom stereocenters. The van der Waals surface area contributed by atoms with Gasteiger partial charge in [-0.3, -0.25) is 14.7 Å².